The molecule has 1 amide bonds. The Hall–Kier alpha value is -2.19. The summed E-state index contributed by atoms with van der Waals surface area (Å²) in [6, 6.07) is 5.50. The lowest BCUT2D eigenvalue weighted by molar-refractivity contribution is -0.141. The van der Waals surface area contributed by atoms with E-state index >= 15 is 0 Å². The van der Waals surface area contributed by atoms with Gasteiger partial charge >= 0.3 is 5.69 Å². The van der Waals surface area contributed by atoms with Crippen LogP contribution in [0, 0.1) is 5.92 Å². The van der Waals surface area contributed by atoms with E-state index in [9.17, 15) is 9.59 Å². The zero-order chi connectivity index (χ0) is 17.2. The van der Waals surface area contributed by atoms with Crippen LogP contribution in [0.5, 0.6) is 0 Å². The van der Waals surface area contributed by atoms with Crippen molar-refractivity contribution in [2.45, 2.75) is 19.5 Å². The molecule has 8 heteroatoms. The van der Waals surface area contributed by atoms with Crippen LogP contribution in [-0.4, -0.2) is 69.3 Å². The zero-order valence-corrected chi connectivity index (χ0v) is 14.2. The molecule has 0 spiro atoms. The summed E-state index contributed by atoms with van der Waals surface area (Å²) in [7, 11) is 0. The number of carbonyl (C=O) groups is 1. The van der Waals surface area contributed by atoms with Gasteiger partial charge in [0.2, 0.25) is 5.91 Å². The van der Waals surface area contributed by atoms with Crippen molar-refractivity contribution in [3.63, 3.8) is 0 Å². The molecule has 8 nitrogen and oxygen atoms in total. The van der Waals surface area contributed by atoms with Gasteiger partial charge in [-0.15, -0.1) is 5.10 Å². The smallest absolute Gasteiger partial charge is 0.351 e. The van der Waals surface area contributed by atoms with Crippen LogP contribution in [0.25, 0.3) is 5.65 Å². The Kier molecular flexibility index (Phi) is 4.54. The number of pyridine rings is 1. The summed E-state index contributed by atoms with van der Waals surface area (Å²) >= 11 is 0. The Morgan fingerprint density at radius 1 is 1.24 bits per heavy atom. The van der Waals surface area contributed by atoms with E-state index in [2.05, 4.69) is 10.00 Å². The zero-order valence-electron chi connectivity index (χ0n) is 14.2. The largest absolute Gasteiger partial charge is 0.378 e. The molecule has 2 fully saturated rings. The molecular formula is C17H23N5O3. The standard InChI is InChI=1S/C17H23N5O3/c23-16(20-8-10-25-11-9-20)14-4-3-6-19(12-14)13-22-17(24)21-7-2-1-5-15(21)18-22/h1-2,5,7,14H,3-4,6,8-13H2/t14-/m0/s1. The Morgan fingerprint density at radius 3 is 2.88 bits per heavy atom. The first-order valence-electron chi connectivity index (χ1n) is 8.85. The predicted molar refractivity (Wildman–Crippen MR) is 91.1 cm³/mol. The SMILES string of the molecule is O=C([C@H]1CCCN(Cn2nc3ccccn3c2=O)C1)N1CCOCC1. The van der Waals surface area contributed by atoms with E-state index in [1.54, 1.807) is 10.6 Å². The van der Waals surface area contributed by atoms with Crippen molar-refractivity contribution in [3.8, 4) is 0 Å². The third-order valence-corrected chi connectivity index (χ3v) is 5.00. The van der Waals surface area contributed by atoms with Gasteiger partial charge in [-0.05, 0) is 31.5 Å². The molecular weight excluding hydrogens is 322 g/mol. The molecule has 2 aromatic rings. The molecule has 2 aromatic heterocycles. The van der Waals surface area contributed by atoms with E-state index in [1.807, 2.05) is 23.1 Å². The number of amides is 1. The topological polar surface area (TPSA) is 72.1 Å². The predicted octanol–water partition coefficient (Wildman–Crippen LogP) is 0.0243. The second-order valence-electron chi connectivity index (χ2n) is 6.71. The summed E-state index contributed by atoms with van der Waals surface area (Å²) in [5, 5.41) is 4.38. The number of rotatable bonds is 3. The van der Waals surface area contributed by atoms with E-state index in [0.29, 0.717) is 45.2 Å². The third kappa shape index (κ3) is 3.32. The molecule has 0 bridgehead atoms. The minimum Gasteiger partial charge on any atom is -0.378 e. The number of fused-ring (bicyclic) bond motifs is 1. The van der Waals surface area contributed by atoms with Gasteiger partial charge in [0.25, 0.3) is 0 Å². The molecule has 0 saturated carbocycles. The molecule has 0 radical (unpaired) electrons. The van der Waals surface area contributed by atoms with Gasteiger partial charge in [-0.25, -0.2) is 4.79 Å². The van der Waals surface area contributed by atoms with Crippen LogP contribution in [0.2, 0.25) is 0 Å². The lowest BCUT2D eigenvalue weighted by Gasteiger charge is -2.35. The third-order valence-electron chi connectivity index (χ3n) is 5.00. The van der Waals surface area contributed by atoms with Crippen LogP contribution in [0.1, 0.15) is 12.8 Å². The van der Waals surface area contributed by atoms with E-state index in [0.717, 1.165) is 19.4 Å². The lowest BCUT2D eigenvalue weighted by Crippen LogP contribution is -2.49. The maximum absolute atomic E-state index is 12.7. The summed E-state index contributed by atoms with van der Waals surface area (Å²) in [6.45, 7) is 4.59. The number of ether oxygens (including phenoxy) is 1. The fraction of sp³-hybridized carbons (Fsp3) is 0.588. The molecule has 0 unspecified atom stereocenters. The summed E-state index contributed by atoms with van der Waals surface area (Å²) in [6.07, 6.45) is 3.59. The van der Waals surface area contributed by atoms with Crippen LogP contribution in [0.4, 0.5) is 0 Å². The minimum atomic E-state index is -0.141. The van der Waals surface area contributed by atoms with Crippen molar-refractivity contribution in [1.82, 2.24) is 24.0 Å². The molecule has 4 heterocycles. The first-order valence-corrected chi connectivity index (χ1v) is 8.85. The second kappa shape index (κ2) is 6.97. The number of morpholine rings is 1. The lowest BCUT2D eigenvalue weighted by atomic mass is 9.96. The molecule has 0 aromatic carbocycles. The number of nitrogens with zero attached hydrogens (tertiary/aromatic N) is 5. The molecule has 4 rings (SSSR count). The number of likely N-dealkylation sites (tertiary alicyclic amines) is 1. The Labute approximate surface area is 145 Å². The molecule has 25 heavy (non-hydrogen) atoms. The summed E-state index contributed by atoms with van der Waals surface area (Å²) in [4.78, 5) is 29.2. The maximum Gasteiger partial charge on any atom is 0.351 e. The number of aromatic nitrogens is 3. The highest BCUT2D eigenvalue weighted by atomic mass is 16.5. The average Bonchev–Trinajstić information content (AvgIpc) is 2.98. The van der Waals surface area contributed by atoms with Crippen molar-refractivity contribution >= 4 is 11.6 Å². The van der Waals surface area contributed by atoms with Crippen LogP contribution < -0.4 is 5.69 Å². The first-order chi connectivity index (χ1) is 12.2. The van der Waals surface area contributed by atoms with Crippen LogP contribution >= 0.6 is 0 Å². The number of piperidine rings is 1. The van der Waals surface area contributed by atoms with Crippen molar-refractivity contribution in [2.24, 2.45) is 5.92 Å². The van der Waals surface area contributed by atoms with Crippen molar-refractivity contribution in [1.29, 1.82) is 0 Å². The monoisotopic (exact) mass is 345 g/mol. The number of hydrogen-bond donors (Lipinski definition) is 0. The van der Waals surface area contributed by atoms with Crippen LogP contribution in [0.15, 0.2) is 29.2 Å². The summed E-state index contributed by atoms with van der Waals surface area (Å²) < 4.78 is 8.35. The molecule has 2 aliphatic heterocycles. The molecule has 0 aliphatic carbocycles. The molecule has 2 aliphatic rings. The number of hydrogen-bond acceptors (Lipinski definition) is 5. The second-order valence-corrected chi connectivity index (χ2v) is 6.71. The Balaban J connectivity index is 1.44. The van der Waals surface area contributed by atoms with Gasteiger partial charge in [0.1, 0.15) is 0 Å². The summed E-state index contributed by atoms with van der Waals surface area (Å²) in [5.74, 6) is 0.218. The van der Waals surface area contributed by atoms with Gasteiger partial charge in [-0.3, -0.25) is 14.1 Å². The fourth-order valence-corrected chi connectivity index (χ4v) is 3.68. The maximum atomic E-state index is 12.7. The molecule has 134 valence electrons. The van der Waals surface area contributed by atoms with Gasteiger partial charge in [0.05, 0.1) is 25.8 Å². The average molecular weight is 345 g/mol. The molecule has 1 atom stereocenters. The highest BCUT2D eigenvalue weighted by Gasteiger charge is 2.30. The van der Waals surface area contributed by atoms with Crippen molar-refractivity contribution < 1.29 is 9.53 Å². The van der Waals surface area contributed by atoms with Crippen LogP contribution in [-0.2, 0) is 16.2 Å². The van der Waals surface area contributed by atoms with E-state index in [-0.39, 0.29) is 17.5 Å². The molecule has 2 saturated heterocycles. The fourth-order valence-electron chi connectivity index (χ4n) is 3.68. The quantitative estimate of drug-likeness (QED) is 0.785. The van der Waals surface area contributed by atoms with Gasteiger partial charge < -0.3 is 9.64 Å². The van der Waals surface area contributed by atoms with Gasteiger partial charge in [0.15, 0.2) is 5.65 Å². The van der Waals surface area contributed by atoms with Gasteiger partial charge in [0, 0.05) is 25.8 Å². The molecule has 0 N–H and O–H groups in total. The normalized spacial score (nSPS) is 22.4. The number of carbonyl (C=O) groups excluding carboxylic acids is 1. The summed E-state index contributed by atoms with van der Waals surface area (Å²) in [5.41, 5.74) is 0.502. The highest BCUT2D eigenvalue weighted by Crippen LogP contribution is 2.19. The van der Waals surface area contributed by atoms with Gasteiger partial charge in [-0.2, -0.15) is 4.68 Å². The van der Waals surface area contributed by atoms with Crippen molar-refractivity contribution in [2.75, 3.05) is 39.4 Å². The Bertz CT molecular complexity index is 808. The minimum absolute atomic E-state index is 0.000386. The van der Waals surface area contributed by atoms with E-state index in [4.69, 9.17) is 4.74 Å². The first kappa shape index (κ1) is 16.3. The van der Waals surface area contributed by atoms with Gasteiger partial charge in [-0.1, -0.05) is 6.07 Å². The Morgan fingerprint density at radius 2 is 2.08 bits per heavy atom. The van der Waals surface area contributed by atoms with Crippen LogP contribution in [0.3, 0.4) is 0 Å². The van der Waals surface area contributed by atoms with E-state index < -0.39 is 0 Å². The van der Waals surface area contributed by atoms with E-state index in [1.165, 1.54) is 4.68 Å². The highest BCUT2D eigenvalue weighted by molar-refractivity contribution is 5.79. The van der Waals surface area contributed by atoms with Crippen molar-refractivity contribution in [3.05, 3.63) is 34.9 Å².